The fourth-order valence-corrected chi connectivity index (χ4v) is 2.67. The second kappa shape index (κ2) is 6.04. The van der Waals surface area contributed by atoms with Gasteiger partial charge in [-0.1, -0.05) is 22.9 Å². The molecule has 0 bridgehead atoms. The fourth-order valence-electron chi connectivity index (χ4n) is 2.67. The van der Waals surface area contributed by atoms with Crippen LogP contribution >= 0.6 is 0 Å². The molecule has 0 spiro atoms. The lowest BCUT2D eigenvalue weighted by Crippen LogP contribution is -2.40. The van der Waals surface area contributed by atoms with Crippen molar-refractivity contribution in [3.05, 3.63) is 47.3 Å². The summed E-state index contributed by atoms with van der Waals surface area (Å²) in [5, 5.41) is 14.4. The van der Waals surface area contributed by atoms with Gasteiger partial charge in [0.05, 0.1) is 12.2 Å². The fraction of sp³-hybridized carbons (Fsp3) is 0.412. The number of hydrogen-bond acceptors (Lipinski definition) is 5. The molecule has 6 heteroatoms. The number of benzene rings is 1. The van der Waals surface area contributed by atoms with Crippen molar-refractivity contribution in [2.24, 2.45) is 0 Å². The van der Waals surface area contributed by atoms with E-state index in [4.69, 9.17) is 9.26 Å². The lowest BCUT2D eigenvalue weighted by molar-refractivity contribution is 0.00429. The highest BCUT2D eigenvalue weighted by Crippen LogP contribution is 2.25. The number of hydrogen-bond donors (Lipinski definition) is 1. The van der Waals surface area contributed by atoms with E-state index in [1.807, 2.05) is 31.2 Å². The molecule has 0 unspecified atom stereocenters. The largest absolute Gasteiger partial charge is 0.491 e. The van der Waals surface area contributed by atoms with Gasteiger partial charge in [0.2, 0.25) is 0 Å². The number of carbonyl (C=O) groups is 1. The predicted molar refractivity (Wildman–Crippen MR) is 83.4 cm³/mol. The Balaban J connectivity index is 1.60. The number of aromatic nitrogens is 1. The van der Waals surface area contributed by atoms with Gasteiger partial charge in [0.1, 0.15) is 29.8 Å². The van der Waals surface area contributed by atoms with Crippen molar-refractivity contribution in [1.82, 2.24) is 10.1 Å². The molecule has 0 saturated carbocycles. The number of nitrogens with zero attached hydrogens (tertiary/aromatic N) is 2. The number of likely N-dealkylation sites (tertiary alicyclic amines) is 1. The van der Waals surface area contributed by atoms with E-state index in [0.717, 1.165) is 5.56 Å². The van der Waals surface area contributed by atoms with E-state index in [-0.39, 0.29) is 19.1 Å². The van der Waals surface area contributed by atoms with Crippen LogP contribution in [0.1, 0.15) is 28.0 Å². The number of amides is 1. The van der Waals surface area contributed by atoms with Crippen LogP contribution in [0, 0.1) is 13.8 Å². The summed E-state index contributed by atoms with van der Waals surface area (Å²) in [6.45, 7) is 4.60. The van der Waals surface area contributed by atoms with Crippen LogP contribution in [0.3, 0.4) is 0 Å². The summed E-state index contributed by atoms with van der Waals surface area (Å²) >= 11 is 0. The molecule has 2 aromatic rings. The van der Waals surface area contributed by atoms with E-state index in [0.29, 0.717) is 30.0 Å². The Morgan fingerprint density at radius 2 is 2.13 bits per heavy atom. The summed E-state index contributed by atoms with van der Waals surface area (Å²) < 4.78 is 10.5. The molecule has 1 aliphatic rings. The number of aryl methyl sites for hydroxylation is 2. The van der Waals surface area contributed by atoms with Crippen molar-refractivity contribution in [2.75, 3.05) is 19.7 Å². The zero-order chi connectivity index (χ0) is 16.4. The third-order valence-electron chi connectivity index (χ3n) is 4.13. The van der Waals surface area contributed by atoms with Crippen LogP contribution in [0.2, 0.25) is 0 Å². The molecule has 1 atom stereocenters. The van der Waals surface area contributed by atoms with Gasteiger partial charge < -0.3 is 19.3 Å². The zero-order valence-electron chi connectivity index (χ0n) is 13.3. The van der Waals surface area contributed by atoms with Gasteiger partial charge in [-0.05, 0) is 32.4 Å². The average Bonchev–Trinajstić information content (AvgIpc) is 3.13. The first-order valence-corrected chi connectivity index (χ1v) is 7.59. The van der Waals surface area contributed by atoms with Gasteiger partial charge in [0.25, 0.3) is 5.91 Å². The third kappa shape index (κ3) is 3.37. The molecule has 6 nitrogen and oxygen atoms in total. The standard InChI is InChI=1S/C17H20N2O4/c1-12-3-5-14(6-4-12)22-11-17(21)7-8-19(10-17)16(20)15-9-23-18-13(15)2/h3-6,9,21H,7-8,10-11H2,1-2H3/t17-/m0/s1. The Hall–Kier alpha value is -2.34. The topological polar surface area (TPSA) is 75.8 Å². The highest BCUT2D eigenvalue weighted by atomic mass is 16.5. The van der Waals surface area contributed by atoms with E-state index in [2.05, 4.69) is 5.16 Å². The monoisotopic (exact) mass is 316 g/mol. The number of aliphatic hydroxyl groups is 1. The average molecular weight is 316 g/mol. The van der Waals surface area contributed by atoms with Gasteiger partial charge >= 0.3 is 0 Å². The van der Waals surface area contributed by atoms with E-state index in [1.165, 1.54) is 6.26 Å². The molecule has 1 N–H and O–H groups in total. The second-order valence-corrected chi connectivity index (χ2v) is 6.12. The molecule has 1 saturated heterocycles. The molecule has 2 heterocycles. The van der Waals surface area contributed by atoms with E-state index in [1.54, 1.807) is 11.8 Å². The summed E-state index contributed by atoms with van der Waals surface area (Å²) in [6, 6.07) is 7.66. The Kier molecular flexibility index (Phi) is 4.09. The molecular formula is C17H20N2O4. The van der Waals surface area contributed by atoms with Crippen LogP contribution in [0.15, 0.2) is 35.1 Å². The molecule has 0 aliphatic carbocycles. The Morgan fingerprint density at radius 3 is 2.78 bits per heavy atom. The maximum absolute atomic E-state index is 12.4. The highest BCUT2D eigenvalue weighted by Gasteiger charge is 2.39. The van der Waals surface area contributed by atoms with E-state index < -0.39 is 5.60 Å². The minimum Gasteiger partial charge on any atom is -0.491 e. The second-order valence-electron chi connectivity index (χ2n) is 6.12. The van der Waals surface area contributed by atoms with Gasteiger partial charge in [-0.25, -0.2) is 0 Å². The molecule has 1 aromatic heterocycles. The van der Waals surface area contributed by atoms with Crippen molar-refractivity contribution in [1.29, 1.82) is 0 Å². The molecule has 1 aliphatic heterocycles. The Morgan fingerprint density at radius 1 is 1.39 bits per heavy atom. The van der Waals surface area contributed by atoms with Gasteiger partial charge in [0, 0.05) is 6.54 Å². The summed E-state index contributed by atoms with van der Waals surface area (Å²) in [7, 11) is 0. The van der Waals surface area contributed by atoms with Gasteiger partial charge in [0.15, 0.2) is 0 Å². The van der Waals surface area contributed by atoms with Crippen LogP contribution in [0.4, 0.5) is 0 Å². The minimum absolute atomic E-state index is 0.155. The molecule has 1 amide bonds. The molecule has 1 aromatic carbocycles. The third-order valence-corrected chi connectivity index (χ3v) is 4.13. The molecule has 0 radical (unpaired) electrons. The lowest BCUT2D eigenvalue weighted by atomic mass is 10.1. The Labute approximate surface area is 134 Å². The minimum atomic E-state index is -1.04. The van der Waals surface area contributed by atoms with Gasteiger partial charge in [-0.2, -0.15) is 0 Å². The molecule has 3 rings (SSSR count). The van der Waals surface area contributed by atoms with E-state index >= 15 is 0 Å². The van der Waals surface area contributed by atoms with Gasteiger partial charge in [-0.3, -0.25) is 4.79 Å². The molecule has 122 valence electrons. The number of rotatable bonds is 4. The first-order chi connectivity index (χ1) is 11.0. The van der Waals surface area contributed by atoms with Crippen LogP contribution in [-0.2, 0) is 0 Å². The SMILES string of the molecule is Cc1ccc(OC[C@]2(O)CCN(C(=O)c3conc3C)C2)cc1. The van der Waals surface area contributed by atoms with Crippen LogP contribution < -0.4 is 4.74 Å². The quantitative estimate of drug-likeness (QED) is 0.933. The number of β-amino-alcohol motifs (C(OH)–C–C–N with tert-alkyl or cyclic N) is 1. The first-order valence-electron chi connectivity index (χ1n) is 7.59. The molecule has 1 fully saturated rings. The number of carbonyl (C=O) groups excluding carboxylic acids is 1. The predicted octanol–water partition coefficient (Wildman–Crippen LogP) is 1.95. The highest BCUT2D eigenvalue weighted by molar-refractivity contribution is 5.95. The smallest absolute Gasteiger partial charge is 0.259 e. The van der Waals surface area contributed by atoms with E-state index in [9.17, 15) is 9.90 Å². The first kappa shape index (κ1) is 15.6. The maximum atomic E-state index is 12.4. The van der Waals surface area contributed by atoms with Gasteiger partial charge in [-0.15, -0.1) is 0 Å². The van der Waals surface area contributed by atoms with Crippen LogP contribution in [0.5, 0.6) is 5.75 Å². The summed E-state index contributed by atoms with van der Waals surface area (Å²) in [6.07, 6.45) is 1.83. The summed E-state index contributed by atoms with van der Waals surface area (Å²) in [5.41, 5.74) is 1.11. The van der Waals surface area contributed by atoms with Crippen molar-refractivity contribution < 1.29 is 19.2 Å². The van der Waals surface area contributed by atoms with Crippen molar-refractivity contribution in [3.63, 3.8) is 0 Å². The Bertz CT molecular complexity index is 695. The zero-order valence-corrected chi connectivity index (χ0v) is 13.3. The van der Waals surface area contributed by atoms with Crippen LogP contribution in [-0.4, -0.2) is 46.4 Å². The molecular weight excluding hydrogens is 296 g/mol. The van der Waals surface area contributed by atoms with Crippen molar-refractivity contribution in [2.45, 2.75) is 25.9 Å². The summed E-state index contributed by atoms with van der Waals surface area (Å²) in [5.74, 6) is 0.540. The molecule has 23 heavy (non-hydrogen) atoms. The number of ether oxygens (including phenoxy) is 1. The van der Waals surface area contributed by atoms with Crippen molar-refractivity contribution in [3.8, 4) is 5.75 Å². The van der Waals surface area contributed by atoms with Crippen molar-refractivity contribution >= 4 is 5.91 Å². The normalized spacial score (nSPS) is 20.7. The maximum Gasteiger partial charge on any atom is 0.259 e. The lowest BCUT2D eigenvalue weighted by Gasteiger charge is -2.23. The van der Waals surface area contributed by atoms with Crippen LogP contribution in [0.25, 0.3) is 0 Å². The summed E-state index contributed by atoms with van der Waals surface area (Å²) in [4.78, 5) is 14.0.